The van der Waals surface area contributed by atoms with Crippen molar-refractivity contribution in [3.8, 4) is 11.5 Å². The molecule has 2 heterocycles. The SMILES string of the molecule is O=S(=O)(NCCC(O)c1ccsc1)c1ccc2c(c1)OCCO2. The minimum Gasteiger partial charge on any atom is -0.486 e. The third kappa shape index (κ3) is 3.84. The van der Waals surface area contributed by atoms with E-state index in [2.05, 4.69) is 4.72 Å². The molecule has 0 saturated carbocycles. The molecule has 1 aliphatic rings. The zero-order chi connectivity index (χ0) is 16.3. The number of fused-ring (bicyclic) bond motifs is 1. The van der Waals surface area contributed by atoms with Crippen LogP contribution in [-0.2, 0) is 10.0 Å². The summed E-state index contributed by atoms with van der Waals surface area (Å²) in [5.74, 6) is 0.973. The highest BCUT2D eigenvalue weighted by molar-refractivity contribution is 7.89. The average molecular weight is 355 g/mol. The summed E-state index contributed by atoms with van der Waals surface area (Å²) in [6, 6.07) is 6.34. The molecule has 23 heavy (non-hydrogen) atoms. The van der Waals surface area contributed by atoms with Crippen molar-refractivity contribution in [3.63, 3.8) is 0 Å². The number of hydrogen-bond acceptors (Lipinski definition) is 6. The molecule has 3 rings (SSSR count). The molecule has 2 N–H and O–H groups in total. The molecule has 0 radical (unpaired) electrons. The highest BCUT2D eigenvalue weighted by Gasteiger charge is 2.19. The predicted octanol–water partition coefficient (Wildman–Crippen LogP) is 1.92. The van der Waals surface area contributed by atoms with Crippen LogP contribution in [0.4, 0.5) is 0 Å². The van der Waals surface area contributed by atoms with Gasteiger partial charge in [0, 0.05) is 12.6 Å². The molecular formula is C15H17NO5S2. The van der Waals surface area contributed by atoms with Gasteiger partial charge in [0.05, 0.1) is 11.0 Å². The van der Waals surface area contributed by atoms with E-state index in [4.69, 9.17) is 9.47 Å². The molecule has 0 amide bonds. The fraction of sp³-hybridized carbons (Fsp3) is 0.333. The van der Waals surface area contributed by atoms with E-state index in [1.54, 1.807) is 6.07 Å². The van der Waals surface area contributed by atoms with Crippen LogP contribution in [0.15, 0.2) is 39.9 Å². The van der Waals surface area contributed by atoms with Crippen LogP contribution >= 0.6 is 11.3 Å². The minimum absolute atomic E-state index is 0.117. The molecule has 1 aliphatic heterocycles. The van der Waals surface area contributed by atoms with Gasteiger partial charge in [0.25, 0.3) is 0 Å². The van der Waals surface area contributed by atoms with Crippen LogP contribution in [0.5, 0.6) is 11.5 Å². The lowest BCUT2D eigenvalue weighted by Gasteiger charge is -2.19. The molecule has 6 nitrogen and oxygen atoms in total. The highest BCUT2D eigenvalue weighted by Crippen LogP contribution is 2.32. The van der Waals surface area contributed by atoms with Crippen molar-refractivity contribution in [1.29, 1.82) is 0 Å². The smallest absolute Gasteiger partial charge is 0.240 e. The molecule has 1 atom stereocenters. The number of rotatable bonds is 6. The van der Waals surface area contributed by atoms with Gasteiger partial charge >= 0.3 is 0 Å². The van der Waals surface area contributed by atoms with Crippen molar-refractivity contribution in [1.82, 2.24) is 4.72 Å². The minimum atomic E-state index is -3.65. The fourth-order valence-electron chi connectivity index (χ4n) is 2.24. The van der Waals surface area contributed by atoms with Crippen LogP contribution in [0, 0.1) is 0 Å². The number of nitrogens with one attached hydrogen (secondary N) is 1. The maximum atomic E-state index is 12.3. The van der Waals surface area contributed by atoms with Gasteiger partial charge in [-0.3, -0.25) is 0 Å². The first-order chi connectivity index (χ1) is 11.1. The van der Waals surface area contributed by atoms with E-state index in [1.807, 2.05) is 16.8 Å². The van der Waals surface area contributed by atoms with Gasteiger partial charge in [-0.2, -0.15) is 11.3 Å². The van der Waals surface area contributed by atoms with Crippen molar-refractivity contribution >= 4 is 21.4 Å². The lowest BCUT2D eigenvalue weighted by molar-refractivity contribution is 0.169. The van der Waals surface area contributed by atoms with Crippen LogP contribution in [0.2, 0.25) is 0 Å². The summed E-state index contributed by atoms with van der Waals surface area (Å²) in [7, 11) is -3.65. The van der Waals surface area contributed by atoms with Crippen molar-refractivity contribution in [2.75, 3.05) is 19.8 Å². The van der Waals surface area contributed by atoms with Crippen LogP contribution in [0.1, 0.15) is 18.1 Å². The molecule has 0 saturated heterocycles. The summed E-state index contributed by atoms with van der Waals surface area (Å²) in [4.78, 5) is 0.117. The molecule has 0 bridgehead atoms. The first-order valence-corrected chi connectivity index (χ1v) is 9.58. The third-order valence-electron chi connectivity index (χ3n) is 3.46. The normalized spacial score (nSPS) is 15.3. The van der Waals surface area contributed by atoms with Gasteiger partial charge in [0.2, 0.25) is 10.0 Å². The number of thiophene rings is 1. The molecular weight excluding hydrogens is 338 g/mol. The van der Waals surface area contributed by atoms with Gasteiger partial charge in [-0.15, -0.1) is 0 Å². The number of aliphatic hydroxyl groups is 1. The Bertz CT molecular complexity index is 758. The molecule has 1 unspecified atom stereocenters. The molecule has 0 spiro atoms. The molecule has 8 heteroatoms. The highest BCUT2D eigenvalue weighted by atomic mass is 32.2. The maximum absolute atomic E-state index is 12.3. The van der Waals surface area contributed by atoms with Gasteiger partial charge in [0.1, 0.15) is 13.2 Å². The molecule has 1 aromatic carbocycles. The molecule has 1 aromatic heterocycles. The fourth-order valence-corrected chi connectivity index (χ4v) is 4.01. The largest absolute Gasteiger partial charge is 0.486 e. The molecule has 124 valence electrons. The van der Waals surface area contributed by atoms with E-state index in [0.717, 1.165) is 5.56 Å². The van der Waals surface area contributed by atoms with E-state index < -0.39 is 16.1 Å². The van der Waals surface area contributed by atoms with E-state index >= 15 is 0 Å². The zero-order valence-corrected chi connectivity index (χ0v) is 13.9. The Morgan fingerprint density at radius 2 is 2.00 bits per heavy atom. The van der Waals surface area contributed by atoms with Crippen LogP contribution in [0.3, 0.4) is 0 Å². The van der Waals surface area contributed by atoms with Gasteiger partial charge in [0.15, 0.2) is 11.5 Å². The van der Waals surface area contributed by atoms with E-state index in [-0.39, 0.29) is 11.4 Å². The maximum Gasteiger partial charge on any atom is 0.240 e. The Kier molecular flexibility index (Phi) is 4.86. The summed E-state index contributed by atoms with van der Waals surface area (Å²) in [5.41, 5.74) is 0.800. The summed E-state index contributed by atoms with van der Waals surface area (Å²) in [5, 5.41) is 13.7. The van der Waals surface area contributed by atoms with Gasteiger partial charge in [-0.05, 0) is 40.9 Å². The van der Waals surface area contributed by atoms with Crippen LogP contribution in [-0.4, -0.2) is 33.3 Å². The predicted molar refractivity (Wildman–Crippen MR) is 86.5 cm³/mol. The van der Waals surface area contributed by atoms with Crippen LogP contribution in [0.25, 0.3) is 0 Å². The Labute approximate surface area is 138 Å². The van der Waals surface area contributed by atoms with E-state index in [9.17, 15) is 13.5 Å². The number of aliphatic hydroxyl groups excluding tert-OH is 1. The first-order valence-electron chi connectivity index (χ1n) is 7.16. The molecule has 0 aliphatic carbocycles. The zero-order valence-electron chi connectivity index (χ0n) is 12.3. The number of benzene rings is 1. The van der Waals surface area contributed by atoms with Crippen molar-refractivity contribution in [2.24, 2.45) is 0 Å². The Morgan fingerprint density at radius 1 is 1.22 bits per heavy atom. The summed E-state index contributed by atoms with van der Waals surface area (Å²) < 4.78 is 37.9. The quantitative estimate of drug-likeness (QED) is 0.827. The monoisotopic (exact) mass is 355 g/mol. The topological polar surface area (TPSA) is 84.9 Å². The van der Waals surface area contributed by atoms with E-state index in [0.29, 0.717) is 31.1 Å². The summed E-state index contributed by atoms with van der Waals surface area (Å²) in [6.07, 6.45) is -0.371. The summed E-state index contributed by atoms with van der Waals surface area (Å²) in [6.45, 7) is 1.00. The number of ether oxygens (including phenoxy) is 2. The third-order valence-corrected chi connectivity index (χ3v) is 5.62. The second kappa shape index (κ2) is 6.88. The van der Waals surface area contributed by atoms with Gasteiger partial charge in [-0.25, -0.2) is 13.1 Å². The summed E-state index contributed by atoms with van der Waals surface area (Å²) >= 11 is 1.49. The lowest BCUT2D eigenvalue weighted by Crippen LogP contribution is -2.26. The average Bonchev–Trinajstić information content (AvgIpc) is 3.08. The van der Waals surface area contributed by atoms with Gasteiger partial charge in [-0.1, -0.05) is 0 Å². The second-order valence-corrected chi connectivity index (χ2v) is 7.61. The van der Waals surface area contributed by atoms with Crippen molar-refractivity contribution in [3.05, 3.63) is 40.6 Å². The second-order valence-electron chi connectivity index (χ2n) is 5.06. The van der Waals surface area contributed by atoms with Crippen molar-refractivity contribution in [2.45, 2.75) is 17.4 Å². The van der Waals surface area contributed by atoms with Crippen LogP contribution < -0.4 is 14.2 Å². The number of sulfonamides is 1. The molecule has 2 aromatic rings. The Balaban J connectivity index is 1.63. The van der Waals surface area contributed by atoms with Gasteiger partial charge < -0.3 is 14.6 Å². The molecule has 0 fully saturated rings. The van der Waals surface area contributed by atoms with Crippen molar-refractivity contribution < 1.29 is 23.0 Å². The van der Waals surface area contributed by atoms with E-state index in [1.165, 1.54) is 23.5 Å². The first kappa shape index (κ1) is 16.3. The Hall–Kier alpha value is -1.61. The Morgan fingerprint density at radius 3 is 2.74 bits per heavy atom. The number of hydrogen-bond donors (Lipinski definition) is 2. The lowest BCUT2D eigenvalue weighted by atomic mass is 10.1. The standard InChI is InChI=1S/C15H17NO5S2/c17-13(11-4-8-22-10-11)3-5-16-23(18,19)12-1-2-14-15(9-12)21-7-6-20-14/h1-2,4,8-10,13,16-17H,3,5-7H2.